The van der Waals surface area contributed by atoms with E-state index in [1.54, 1.807) is 0 Å². The van der Waals surface area contributed by atoms with Crippen molar-refractivity contribution in [1.29, 1.82) is 0 Å². The Balaban J connectivity index is 3.19. The summed E-state index contributed by atoms with van der Waals surface area (Å²) in [5.74, 6) is 0. The van der Waals surface area contributed by atoms with Crippen molar-refractivity contribution < 1.29 is 4.74 Å². The van der Waals surface area contributed by atoms with Crippen molar-refractivity contribution in [3.05, 3.63) is 0 Å². The zero-order chi connectivity index (χ0) is 14.6. The van der Waals surface area contributed by atoms with Gasteiger partial charge in [0.1, 0.15) is 0 Å². The second-order valence-electron chi connectivity index (χ2n) is 6.71. The first kappa shape index (κ1) is 19.7. The second kappa shape index (κ2) is 12.4. The van der Waals surface area contributed by atoms with E-state index in [1.807, 2.05) is 0 Å². The molecule has 1 nitrogen and oxygen atoms in total. The number of rotatable bonds is 13. The van der Waals surface area contributed by atoms with Gasteiger partial charge in [0.15, 0.2) is 0 Å². The molecule has 0 aromatic heterocycles. The van der Waals surface area contributed by atoms with Crippen LogP contribution in [0.5, 0.6) is 0 Å². The van der Waals surface area contributed by atoms with Gasteiger partial charge in [0.2, 0.25) is 0 Å². The first-order valence-electron chi connectivity index (χ1n) is 8.14. The van der Waals surface area contributed by atoms with Crippen LogP contribution in [-0.4, -0.2) is 27.3 Å². The summed E-state index contributed by atoms with van der Waals surface area (Å²) in [7, 11) is -0.592. The van der Waals surface area contributed by atoms with E-state index in [2.05, 4.69) is 42.9 Å². The average Bonchev–Trinajstić information content (AvgIpc) is 2.35. The fourth-order valence-corrected chi connectivity index (χ4v) is 2.71. The summed E-state index contributed by atoms with van der Waals surface area (Å²) in [6.07, 6.45) is 10.9. The van der Waals surface area contributed by atoms with Crippen LogP contribution in [0, 0.1) is 0 Å². The van der Waals surface area contributed by atoms with Crippen LogP contribution in [0.15, 0.2) is 0 Å². The van der Waals surface area contributed by atoms with E-state index in [0.29, 0.717) is 5.04 Å². The molecule has 19 heavy (non-hydrogen) atoms. The molecule has 0 bridgehead atoms. The highest BCUT2D eigenvalue weighted by atomic mass is 79.9. The Morgan fingerprint density at radius 1 is 0.842 bits per heavy atom. The van der Waals surface area contributed by atoms with Crippen LogP contribution in [0.1, 0.15) is 65.2 Å². The fraction of sp³-hybridized carbons (Fsp3) is 1.00. The molecule has 0 saturated carbocycles. The number of hydrogen-bond acceptors (Lipinski definition) is 1. The first-order valence-corrected chi connectivity index (χ1v) is 12.1. The molecule has 0 heterocycles. The summed E-state index contributed by atoms with van der Waals surface area (Å²) >= 11 is 3.48. The smallest absolute Gasteiger partial charge is 0.0490 e. The van der Waals surface area contributed by atoms with Gasteiger partial charge in [-0.2, -0.15) is 0 Å². The summed E-state index contributed by atoms with van der Waals surface area (Å²) < 4.78 is 5.85. The monoisotopic (exact) mass is 350 g/mol. The van der Waals surface area contributed by atoms with Gasteiger partial charge in [-0.15, -0.1) is 0 Å². The molecule has 0 aromatic carbocycles. The predicted octanol–water partition coefficient (Wildman–Crippen LogP) is 5.79. The maximum Gasteiger partial charge on any atom is 0.0490 e. The number of unbranched alkanes of at least 4 members (excludes halogenated alkanes) is 7. The summed E-state index contributed by atoms with van der Waals surface area (Å²) in [6, 6.07) is 0. The standard InChI is InChI=1S/C16H35BrOSi/c1-16(2,19(3)4)15-18-14-12-10-8-6-5-7-9-11-13-17/h19H,5-15H2,1-4H3. The summed E-state index contributed by atoms with van der Waals surface area (Å²) in [6.45, 7) is 11.5. The van der Waals surface area contributed by atoms with Crippen molar-refractivity contribution in [2.45, 2.75) is 83.3 Å². The lowest BCUT2D eigenvalue weighted by Gasteiger charge is -2.27. The van der Waals surface area contributed by atoms with Crippen molar-refractivity contribution in [2.75, 3.05) is 18.5 Å². The number of hydrogen-bond donors (Lipinski definition) is 0. The minimum absolute atomic E-state index is 0.454. The van der Waals surface area contributed by atoms with Gasteiger partial charge >= 0.3 is 0 Å². The van der Waals surface area contributed by atoms with Crippen molar-refractivity contribution in [2.24, 2.45) is 0 Å². The van der Waals surface area contributed by atoms with Crippen molar-refractivity contribution in [3.8, 4) is 0 Å². The van der Waals surface area contributed by atoms with Crippen LogP contribution in [0.2, 0.25) is 18.1 Å². The Bertz CT molecular complexity index is 195. The molecule has 0 spiro atoms. The maximum absolute atomic E-state index is 5.85. The number of halogens is 1. The van der Waals surface area contributed by atoms with Gasteiger partial charge in [-0.1, -0.05) is 81.4 Å². The van der Waals surface area contributed by atoms with Crippen LogP contribution in [-0.2, 0) is 4.74 Å². The van der Waals surface area contributed by atoms with Gasteiger partial charge < -0.3 is 4.74 Å². The van der Waals surface area contributed by atoms with E-state index in [4.69, 9.17) is 4.74 Å². The van der Waals surface area contributed by atoms with Crippen LogP contribution in [0.3, 0.4) is 0 Å². The summed E-state index contributed by atoms with van der Waals surface area (Å²) in [5, 5.41) is 1.62. The minimum atomic E-state index is -0.592. The van der Waals surface area contributed by atoms with Crippen molar-refractivity contribution in [1.82, 2.24) is 0 Å². The topological polar surface area (TPSA) is 9.23 Å². The highest BCUT2D eigenvalue weighted by molar-refractivity contribution is 9.09. The Kier molecular flexibility index (Phi) is 12.8. The van der Waals surface area contributed by atoms with E-state index in [9.17, 15) is 0 Å². The molecule has 0 aromatic rings. The molecule has 0 radical (unpaired) electrons. The molecule has 0 aliphatic heterocycles. The first-order chi connectivity index (χ1) is 9.00. The van der Waals surface area contributed by atoms with Gasteiger partial charge in [-0.05, 0) is 17.9 Å². The molecule has 0 amide bonds. The second-order valence-corrected chi connectivity index (χ2v) is 11.4. The predicted molar refractivity (Wildman–Crippen MR) is 94.5 cm³/mol. The highest BCUT2D eigenvalue weighted by Crippen LogP contribution is 2.28. The third-order valence-electron chi connectivity index (χ3n) is 4.21. The Morgan fingerprint density at radius 3 is 1.79 bits per heavy atom. The van der Waals surface area contributed by atoms with Crippen LogP contribution in [0.4, 0.5) is 0 Å². The molecule has 0 N–H and O–H groups in total. The molecule has 0 atom stereocenters. The molecule has 0 aliphatic carbocycles. The summed E-state index contributed by atoms with van der Waals surface area (Å²) in [5.41, 5.74) is 0. The third-order valence-corrected chi connectivity index (χ3v) is 8.06. The largest absolute Gasteiger partial charge is 0.381 e. The van der Waals surface area contributed by atoms with Gasteiger partial charge in [0, 0.05) is 27.3 Å². The van der Waals surface area contributed by atoms with Crippen molar-refractivity contribution in [3.63, 3.8) is 0 Å². The van der Waals surface area contributed by atoms with Gasteiger partial charge in [0.05, 0.1) is 0 Å². The third kappa shape index (κ3) is 12.1. The quantitative estimate of drug-likeness (QED) is 0.232. The Morgan fingerprint density at radius 2 is 1.32 bits per heavy atom. The van der Waals surface area contributed by atoms with E-state index in [0.717, 1.165) is 13.2 Å². The maximum atomic E-state index is 5.85. The molecule has 0 aliphatic rings. The molecular weight excluding hydrogens is 316 g/mol. The lowest BCUT2D eigenvalue weighted by molar-refractivity contribution is 0.110. The average molecular weight is 351 g/mol. The zero-order valence-electron chi connectivity index (χ0n) is 13.6. The molecule has 0 unspecified atom stereocenters. The molecular formula is C16H35BrOSi. The van der Waals surface area contributed by atoms with E-state index in [-0.39, 0.29) is 0 Å². The Labute approximate surface area is 131 Å². The van der Waals surface area contributed by atoms with Crippen molar-refractivity contribution >= 4 is 24.7 Å². The lowest BCUT2D eigenvalue weighted by atomic mass is 10.1. The molecule has 0 fully saturated rings. The molecule has 3 heteroatoms. The normalized spacial score (nSPS) is 12.3. The van der Waals surface area contributed by atoms with E-state index < -0.39 is 8.80 Å². The highest BCUT2D eigenvalue weighted by Gasteiger charge is 2.23. The lowest BCUT2D eigenvalue weighted by Crippen LogP contribution is -2.26. The molecule has 116 valence electrons. The van der Waals surface area contributed by atoms with E-state index >= 15 is 0 Å². The molecule has 0 rings (SSSR count). The minimum Gasteiger partial charge on any atom is -0.381 e. The number of alkyl halides is 1. The van der Waals surface area contributed by atoms with Crippen LogP contribution in [0.25, 0.3) is 0 Å². The van der Waals surface area contributed by atoms with Gasteiger partial charge in [-0.25, -0.2) is 0 Å². The zero-order valence-corrected chi connectivity index (χ0v) is 16.4. The number of ether oxygens (including phenoxy) is 1. The van der Waals surface area contributed by atoms with E-state index in [1.165, 1.54) is 56.7 Å². The molecule has 0 saturated heterocycles. The SMILES string of the molecule is C[SiH](C)C(C)(C)COCCCCCCCCCCBr. The fourth-order valence-electron chi connectivity index (χ4n) is 1.86. The van der Waals surface area contributed by atoms with Gasteiger partial charge in [-0.3, -0.25) is 0 Å². The van der Waals surface area contributed by atoms with Crippen LogP contribution < -0.4 is 0 Å². The van der Waals surface area contributed by atoms with Gasteiger partial charge in [0.25, 0.3) is 0 Å². The van der Waals surface area contributed by atoms with Crippen LogP contribution >= 0.6 is 15.9 Å². The Hall–Kier alpha value is 0.657. The summed E-state index contributed by atoms with van der Waals surface area (Å²) in [4.78, 5) is 0.